The largest absolute Gasteiger partial charge is 0.497 e. The Balaban J connectivity index is 1.91. The van der Waals surface area contributed by atoms with Crippen LogP contribution in [-0.2, 0) is 4.79 Å². The highest BCUT2D eigenvalue weighted by Crippen LogP contribution is 2.51. The van der Waals surface area contributed by atoms with E-state index in [9.17, 15) is 14.7 Å². The van der Waals surface area contributed by atoms with Crippen molar-refractivity contribution in [3.8, 4) is 17.1 Å². The summed E-state index contributed by atoms with van der Waals surface area (Å²) >= 11 is 0. The Hall–Kier alpha value is -3.86. The van der Waals surface area contributed by atoms with E-state index in [1.54, 1.807) is 25.3 Å². The van der Waals surface area contributed by atoms with Crippen LogP contribution >= 0.6 is 0 Å². The van der Waals surface area contributed by atoms with Crippen molar-refractivity contribution < 1.29 is 19.1 Å². The van der Waals surface area contributed by atoms with Gasteiger partial charge in [-0.25, -0.2) is 4.79 Å². The third kappa shape index (κ3) is 2.63. The van der Waals surface area contributed by atoms with E-state index in [4.69, 9.17) is 9.15 Å². The molecule has 0 bridgehead atoms. The number of methoxy groups -OCH3 is 1. The van der Waals surface area contributed by atoms with Crippen molar-refractivity contribution in [3.63, 3.8) is 0 Å². The summed E-state index contributed by atoms with van der Waals surface area (Å²) in [5.74, 6) is -1.14. The second-order valence-electron chi connectivity index (χ2n) is 7.33. The van der Waals surface area contributed by atoms with Crippen LogP contribution < -0.4 is 10.4 Å². The van der Waals surface area contributed by atoms with E-state index < -0.39 is 23.4 Å². The molecule has 0 unspecified atom stereocenters. The molecule has 1 aliphatic carbocycles. The summed E-state index contributed by atoms with van der Waals surface area (Å²) in [4.78, 5) is 25.2. The number of ether oxygens (including phenoxy) is 1. The molecule has 4 aromatic rings. The summed E-state index contributed by atoms with van der Waals surface area (Å²) in [7, 11) is 1.59. The smallest absolute Gasteiger partial charge is 0.344 e. The van der Waals surface area contributed by atoms with Crippen molar-refractivity contribution in [2.24, 2.45) is 0 Å². The molecule has 0 fully saturated rings. The molecule has 0 saturated heterocycles. The van der Waals surface area contributed by atoms with Gasteiger partial charge >= 0.3 is 11.6 Å². The van der Waals surface area contributed by atoms with Gasteiger partial charge in [0.25, 0.3) is 0 Å². The Morgan fingerprint density at radius 1 is 0.933 bits per heavy atom. The van der Waals surface area contributed by atoms with Crippen molar-refractivity contribution in [3.05, 3.63) is 99.9 Å². The predicted octanol–water partition coefficient (Wildman–Crippen LogP) is 4.78. The van der Waals surface area contributed by atoms with E-state index >= 15 is 0 Å². The highest BCUT2D eigenvalue weighted by molar-refractivity contribution is 5.95. The number of hydrogen-bond acceptors (Lipinski definition) is 4. The van der Waals surface area contributed by atoms with Gasteiger partial charge in [0.05, 0.1) is 18.4 Å². The number of rotatable bonds is 3. The van der Waals surface area contributed by atoms with Gasteiger partial charge in [0, 0.05) is 17.0 Å². The van der Waals surface area contributed by atoms with Crippen LogP contribution in [0.3, 0.4) is 0 Å². The van der Waals surface area contributed by atoms with Crippen LogP contribution in [0.4, 0.5) is 0 Å². The second kappa shape index (κ2) is 6.88. The first-order valence-electron chi connectivity index (χ1n) is 9.62. The van der Waals surface area contributed by atoms with Crippen molar-refractivity contribution in [2.45, 2.75) is 11.8 Å². The third-order valence-corrected chi connectivity index (χ3v) is 5.80. The minimum absolute atomic E-state index is 0.429. The maximum Gasteiger partial charge on any atom is 0.344 e. The van der Waals surface area contributed by atoms with E-state index in [1.807, 2.05) is 54.6 Å². The summed E-state index contributed by atoms with van der Waals surface area (Å²) in [6.45, 7) is 0. The van der Waals surface area contributed by atoms with E-state index in [-0.39, 0.29) is 0 Å². The summed E-state index contributed by atoms with van der Waals surface area (Å²) in [5.41, 5.74) is 2.39. The molecular formula is C25H18O5. The molecule has 1 aliphatic rings. The van der Waals surface area contributed by atoms with Crippen molar-refractivity contribution in [1.29, 1.82) is 0 Å². The Labute approximate surface area is 172 Å². The molecule has 0 saturated carbocycles. The van der Waals surface area contributed by atoms with Crippen LogP contribution in [0, 0.1) is 0 Å². The minimum Gasteiger partial charge on any atom is -0.497 e. The minimum atomic E-state index is -0.927. The lowest BCUT2D eigenvalue weighted by molar-refractivity contribution is -0.139. The number of carboxylic acid groups (broad SMARTS) is 1. The zero-order valence-corrected chi connectivity index (χ0v) is 16.2. The van der Waals surface area contributed by atoms with Gasteiger partial charge in [0.2, 0.25) is 0 Å². The Kier molecular flexibility index (Phi) is 4.17. The first-order chi connectivity index (χ1) is 14.6. The molecule has 2 atom stereocenters. The van der Waals surface area contributed by atoms with Gasteiger partial charge in [-0.2, -0.15) is 0 Å². The van der Waals surface area contributed by atoms with Gasteiger partial charge in [0.1, 0.15) is 11.5 Å². The quantitative estimate of drug-likeness (QED) is 0.537. The topological polar surface area (TPSA) is 76.7 Å². The normalized spacial score (nSPS) is 17.2. The lowest BCUT2D eigenvalue weighted by Gasteiger charge is -2.33. The van der Waals surface area contributed by atoms with Gasteiger partial charge in [-0.1, -0.05) is 54.6 Å². The van der Waals surface area contributed by atoms with E-state index in [2.05, 4.69) is 0 Å². The Morgan fingerprint density at radius 2 is 1.60 bits per heavy atom. The average molecular weight is 398 g/mol. The number of aliphatic carboxylic acids is 1. The molecule has 30 heavy (non-hydrogen) atoms. The van der Waals surface area contributed by atoms with Gasteiger partial charge in [-0.15, -0.1) is 0 Å². The SMILES string of the molecule is COc1ccc([C@@H]2c3c(oc(=O)c4ccccc34)-c3ccccc3[C@H]2C(=O)O)cc1. The van der Waals surface area contributed by atoms with Crippen LogP contribution in [0.25, 0.3) is 22.1 Å². The van der Waals surface area contributed by atoms with Crippen LogP contribution in [0.5, 0.6) is 5.75 Å². The average Bonchev–Trinajstić information content (AvgIpc) is 2.78. The van der Waals surface area contributed by atoms with Crippen LogP contribution in [0.15, 0.2) is 82.0 Å². The van der Waals surface area contributed by atoms with Gasteiger partial charge in [0.15, 0.2) is 0 Å². The molecule has 0 radical (unpaired) electrons. The summed E-state index contributed by atoms with van der Waals surface area (Å²) in [6, 6.07) is 21.8. The lowest BCUT2D eigenvalue weighted by atomic mass is 9.69. The molecule has 1 N–H and O–H groups in total. The van der Waals surface area contributed by atoms with Crippen LogP contribution in [0.1, 0.15) is 28.5 Å². The fourth-order valence-corrected chi connectivity index (χ4v) is 4.50. The predicted molar refractivity (Wildman–Crippen MR) is 113 cm³/mol. The summed E-state index contributed by atoms with van der Waals surface area (Å²) in [6.07, 6.45) is 0. The zero-order chi connectivity index (χ0) is 20.8. The Bertz CT molecular complexity index is 1330. The molecule has 0 spiro atoms. The highest BCUT2D eigenvalue weighted by Gasteiger charge is 2.41. The number of fused-ring (bicyclic) bond motifs is 5. The zero-order valence-electron chi connectivity index (χ0n) is 16.2. The van der Waals surface area contributed by atoms with E-state index in [0.29, 0.717) is 33.4 Å². The number of carboxylic acids is 1. The summed E-state index contributed by atoms with van der Waals surface area (Å²) in [5, 5.41) is 11.4. The van der Waals surface area contributed by atoms with Crippen molar-refractivity contribution in [2.75, 3.05) is 7.11 Å². The molecule has 1 aromatic heterocycles. The molecule has 0 amide bonds. The first kappa shape index (κ1) is 18.2. The maximum absolute atomic E-state index is 12.7. The second-order valence-corrected chi connectivity index (χ2v) is 7.33. The standard InChI is InChI=1S/C25H18O5/c1-29-15-12-10-14(11-13-15)20-21-17-7-3-5-9-19(17)25(28)30-23(21)18-8-4-2-6-16(18)22(20)24(26)27/h2-13,20,22H,1H3,(H,26,27)/t20-,22-/m1/s1. The monoisotopic (exact) mass is 398 g/mol. The van der Waals surface area contributed by atoms with Crippen LogP contribution in [0.2, 0.25) is 0 Å². The molecule has 1 heterocycles. The molecule has 5 heteroatoms. The molecular weight excluding hydrogens is 380 g/mol. The Morgan fingerprint density at radius 3 is 2.30 bits per heavy atom. The molecule has 3 aromatic carbocycles. The summed E-state index contributed by atoms with van der Waals surface area (Å²) < 4.78 is 11.1. The fourth-order valence-electron chi connectivity index (χ4n) is 4.50. The number of carbonyl (C=O) groups is 1. The highest BCUT2D eigenvalue weighted by atomic mass is 16.5. The number of benzene rings is 3. The first-order valence-corrected chi connectivity index (χ1v) is 9.62. The van der Waals surface area contributed by atoms with Crippen molar-refractivity contribution >= 4 is 16.7 Å². The lowest BCUT2D eigenvalue weighted by Crippen LogP contribution is -2.26. The molecule has 0 aliphatic heterocycles. The van der Waals surface area contributed by atoms with E-state index in [0.717, 1.165) is 11.1 Å². The van der Waals surface area contributed by atoms with Gasteiger partial charge in [-0.3, -0.25) is 4.79 Å². The third-order valence-electron chi connectivity index (χ3n) is 5.80. The van der Waals surface area contributed by atoms with Crippen molar-refractivity contribution in [1.82, 2.24) is 0 Å². The van der Waals surface area contributed by atoms with Crippen LogP contribution in [-0.4, -0.2) is 18.2 Å². The molecule has 5 rings (SSSR count). The molecule has 5 nitrogen and oxygen atoms in total. The number of hydrogen-bond donors (Lipinski definition) is 1. The van der Waals surface area contributed by atoms with Gasteiger partial charge < -0.3 is 14.3 Å². The van der Waals surface area contributed by atoms with E-state index in [1.165, 1.54) is 0 Å². The van der Waals surface area contributed by atoms with Gasteiger partial charge in [-0.05, 0) is 34.7 Å². The molecule has 148 valence electrons. The fraction of sp³-hybridized carbons (Fsp3) is 0.120. The maximum atomic E-state index is 12.7.